The maximum Gasteiger partial charge on any atom is 0.374 e. The lowest BCUT2D eigenvalue weighted by Gasteiger charge is -2.15. The molecule has 0 unspecified atom stereocenters. The summed E-state index contributed by atoms with van der Waals surface area (Å²) in [4.78, 5) is 19.3. The Kier molecular flexibility index (Phi) is 6.49. The Hall–Kier alpha value is -2.21. The molecular formula is C17H18ClFN2O3. The van der Waals surface area contributed by atoms with Crippen LogP contribution in [0, 0.1) is 0 Å². The Morgan fingerprint density at radius 1 is 1.33 bits per heavy atom. The molecule has 0 amide bonds. The van der Waals surface area contributed by atoms with Gasteiger partial charge in [-0.3, -0.25) is 4.39 Å². The number of hydrogen-bond acceptors (Lipinski definition) is 4. The zero-order valence-electron chi connectivity index (χ0n) is 13.3. The predicted octanol–water partition coefficient (Wildman–Crippen LogP) is 3.72. The Morgan fingerprint density at radius 3 is 2.71 bits per heavy atom. The first-order valence-corrected chi connectivity index (χ1v) is 7.99. The van der Waals surface area contributed by atoms with Crippen LogP contribution < -0.4 is 4.74 Å². The van der Waals surface area contributed by atoms with Crippen LogP contribution in [-0.4, -0.2) is 34.3 Å². The van der Waals surface area contributed by atoms with Gasteiger partial charge in [-0.05, 0) is 18.1 Å². The quantitative estimate of drug-likeness (QED) is 0.733. The number of nitrogens with zero attached hydrogens (tertiary/aromatic N) is 2. The molecule has 0 saturated heterocycles. The third-order valence-electron chi connectivity index (χ3n) is 3.42. The summed E-state index contributed by atoms with van der Waals surface area (Å²) >= 11 is 6.21. The van der Waals surface area contributed by atoms with Gasteiger partial charge in [-0.25, -0.2) is 9.78 Å². The van der Waals surface area contributed by atoms with E-state index < -0.39 is 12.6 Å². The molecule has 1 aromatic carbocycles. The normalized spacial score (nSPS) is 10.6. The Labute approximate surface area is 144 Å². The number of aromatic nitrogens is 2. The van der Waals surface area contributed by atoms with E-state index in [4.69, 9.17) is 21.4 Å². The average Bonchev–Trinajstić information content (AvgIpc) is 2.57. The number of hydrogen-bond donors (Lipinski definition) is 1. The predicted molar refractivity (Wildman–Crippen MR) is 88.7 cm³/mol. The van der Waals surface area contributed by atoms with Crippen LogP contribution in [-0.2, 0) is 12.8 Å². The highest BCUT2D eigenvalue weighted by molar-refractivity contribution is 6.31. The van der Waals surface area contributed by atoms with E-state index in [1.807, 2.05) is 25.1 Å². The molecule has 0 aliphatic carbocycles. The zero-order valence-corrected chi connectivity index (χ0v) is 14.0. The fourth-order valence-electron chi connectivity index (χ4n) is 2.25. The van der Waals surface area contributed by atoms with Crippen LogP contribution in [0.1, 0.15) is 40.8 Å². The Bertz CT molecular complexity index is 725. The van der Waals surface area contributed by atoms with Gasteiger partial charge in [0.05, 0.1) is 19.0 Å². The van der Waals surface area contributed by atoms with E-state index in [0.717, 1.165) is 5.56 Å². The van der Waals surface area contributed by atoms with E-state index in [1.165, 1.54) is 0 Å². The van der Waals surface area contributed by atoms with Gasteiger partial charge >= 0.3 is 5.97 Å². The first-order chi connectivity index (χ1) is 11.6. The van der Waals surface area contributed by atoms with Crippen molar-refractivity contribution in [2.24, 2.45) is 0 Å². The number of ether oxygens (including phenoxy) is 1. The molecule has 0 spiro atoms. The molecule has 0 atom stereocenters. The Morgan fingerprint density at radius 2 is 2.08 bits per heavy atom. The number of carboxylic acids is 1. The molecule has 2 aromatic rings. The van der Waals surface area contributed by atoms with Gasteiger partial charge in [-0.15, -0.1) is 0 Å². The van der Waals surface area contributed by atoms with E-state index in [2.05, 4.69) is 9.97 Å². The second-order valence-electron chi connectivity index (χ2n) is 5.10. The summed E-state index contributed by atoms with van der Waals surface area (Å²) < 4.78 is 17.9. The molecule has 0 saturated carbocycles. The molecule has 0 fully saturated rings. The monoisotopic (exact) mass is 352 g/mol. The number of halogens is 2. The van der Waals surface area contributed by atoms with Crippen LogP contribution in [0.15, 0.2) is 24.3 Å². The summed E-state index contributed by atoms with van der Waals surface area (Å²) in [7, 11) is 0. The van der Waals surface area contributed by atoms with Crippen molar-refractivity contribution in [3.63, 3.8) is 0 Å². The molecule has 0 aliphatic heterocycles. The molecule has 0 radical (unpaired) electrons. The highest BCUT2D eigenvalue weighted by Crippen LogP contribution is 2.27. The first kappa shape index (κ1) is 18.1. The fraction of sp³-hybridized carbons (Fsp3) is 0.353. The van der Waals surface area contributed by atoms with E-state index in [0.29, 0.717) is 29.1 Å². The number of carboxylic acid groups (broad SMARTS) is 1. The molecule has 1 aromatic heterocycles. The maximum absolute atomic E-state index is 12.3. The van der Waals surface area contributed by atoms with E-state index in [-0.39, 0.29) is 24.7 Å². The number of benzene rings is 1. The van der Waals surface area contributed by atoms with Gasteiger partial charge in [0.15, 0.2) is 0 Å². The highest BCUT2D eigenvalue weighted by atomic mass is 35.5. The topological polar surface area (TPSA) is 72.3 Å². The number of rotatable bonds is 8. The van der Waals surface area contributed by atoms with Crippen LogP contribution in [0.3, 0.4) is 0 Å². The summed E-state index contributed by atoms with van der Waals surface area (Å²) in [5.41, 5.74) is 2.11. The minimum atomic E-state index is -1.23. The molecule has 1 N–H and O–H groups in total. The number of carbonyl (C=O) groups is 1. The van der Waals surface area contributed by atoms with E-state index >= 15 is 0 Å². The third-order valence-corrected chi connectivity index (χ3v) is 3.79. The molecule has 1 heterocycles. The van der Waals surface area contributed by atoms with Crippen LogP contribution in [0.5, 0.6) is 5.88 Å². The van der Waals surface area contributed by atoms with Crippen LogP contribution in [0.2, 0.25) is 5.02 Å². The molecule has 7 heteroatoms. The lowest BCUT2D eigenvalue weighted by molar-refractivity contribution is 0.0681. The molecule has 0 bridgehead atoms. The second kappa shape index (κ2) is 8.59. The molecule has 24 heavy (non-hydrogen) atoms. The third kappa shape index (κ3) is 4.41. The van der Waals surface area contributed by atoms with Crippen LogP contribution in [0.25, 0.3) is 0 Å². The number of aromatic carboxylic acids is 1. The van der Waals surface area contributed by atoms with Gasteiger partial charge < -0.3 is 9.84 Å². The van der Waals surface area contributed by atoms with Gasteiger partial charge in [-0.1, -0.05) is 36.7 Å². The smallest absolute Gasteiger partial charge is 0.374 e. The van der Waals surface area contributed by atoms with Gasteiger partial charge in [0, 0.05) is 23.4 Å². The van der Waals surface area contributed by atoms with Crippen molar-refractivity contribution in [3.8, 4) is 5.88 Å². The highest BCUT2D eigenvalue weighted by Gasteiger charge is 2.19. The van der Waals surface area contributed by atoms with Crippen molar-refractivity contribution in [1.29, 1.82) is 0 Å². The lowest BCUT2D eigenvalue weighted by atomic mass is 10.0. The second-order valence-corrected chi connectivity index (χ2v) is 5.50. The lowest BCUT2D eigenvalue weighted by Crippen LogP contribution is -2.14. The maximum atomic E-state index is 12.3. The van der Waals surface area contributed by atoms with E-state index in [9.17, 15) is 9.18 Å². The van der Waals surface area contributed by atoms with Gasteiger partial charge in [0.25, 0.3) is 0 Å². The summed E-state index contributed by atoms with van der Waals surface area (Å²) in [5, 5.41) is 9.76. The van der Waals surface area contributed by atoms with Crippen LogP contribution in [0.4, 0.5) is 4.39 Å². The van der Waals surface area contributed by atoms with Crippen molar-refractivity contribution in [2.45, 2.75) is 26.2 Å². The van der Waals surface area contributed by atoms with Crippen molar-refractivity contribution >= 4 is 17.6 Å². The SMILES string of the molecule is CCc1nc(C(=O)O)nc(OCCCF)c1Cc1ccccc1Cl. The summed E-state index contributed by atoms with van der Waals surface area (Å²) in [5.74, 6) is -1.39. The zero-order chi connectivity index (χ0) is 17.5. The minimum Gasteiger partial charge on any atom is -0.477 e. The van der Waals surface area contributed by atoms with Gasteiger partial charge in [0.1, 0.15) is 0 Å². The molecular weight excluding hydrogens is 335 g/mol. The fourth-order valence-corrected chi connectivity index (χ4v) is 2.45. The average molecular weight is 353 g/mol. The van der Waals surface area contributed by atoms with Gasteiger partial charge in [0.2, 0.25) is 11.7 Å². The van der Waals surface area contributed by atoms with Crippen LogP contribution >= 0.6 is 11.6 Å². The summed E-state index contributed by atoms with van der Waals surface area (Å²) in [6.45, 7) is 1.47. The molecule has 128 valence electrons. The molecule has 5 nitrogen and oxygen atoms in total. The first-order valence-electron chi connectivity index (χ1n) is 7.62. The summed E-state index contributed by atoms with van der Waals surface area (Å²) in [6, 6.07) is 7.34. The largest absolute Gasteiger partial charge is 0.477 e. The van der Waals surface area contributed by atoms with Crippen molar-refractivity contribution < 1.29 is 19.0 Å². The number of aryl methyl sites for hydroxylation is 1. The van der Waals surface area contributed by atoms with Crippen molar-refractivity contribution in [2.75, 3.05) is 13.3 Å². The van der Waals surface area contributed by atoms with Gasteiger partial charge in [-0.2, -0.15) is 4.98 Å². The van der Waals surface area contributed by atoms with E-state index in [1.54, 1.807) is 6.07 Å². The molecule has 0 aliphatic rings. The molecule has 2 rings (SSSR count). The summed E-state index contributed by atoms with van der Waals surface area (Å²) in [6.07, 6.45) is 1.13. The van der Waals surface area contributed by atoms with Crippen molar-refractivity contribution in [1.82, 2.24) is 9.97 Å². The minimum absolute atomic E-state index is 0.116. The van der Waals surface area contributed by atoms with Crippen molar-refractivity contribution in [3.05, 3.63) is 51.9 Å². The standard InChI is InChI=1S/C17H18ClFN2O3/c1-2-14-12(10-11-6-3-4-7-13(11)18)16(24-9-5-8-19)21-15(20-14)17(22)23/h3-4,6-7H,2,5,8-10H2,1H3,(H,22,23). The number of alkyl halides is 1. The Balaban J connectivity index is 2.45.